The van der Waals surface area contributed by atoms with Crippen molar-refractivity contribution in [3.63, 3.8) is 0 Å². The second kappa shape index (κ2) is 7.93. The number of anilines is 1. The summed E-state index contributed by atoms with van der Waals surface area (Å²) in [5.41, 5.74) is 6.70. The summed E-state index contributed by atoms with van der Waals surface area (Å²) in [4.78, 5) is 4.85. The fourth-order valence-electron chi connectivity index (χ4n) is 4.17. The van der Waals surface area contributed by atoms with E-state index in [0.29, 0.717) is 21.7 Å². The van der Waals surface area contributed by atoms with Crippen LogP contribution in [0.15, 0.2) is 16.7 Å². The lowest BCUT2D eigenvalue weighted by Crippen LogP contribution is -2.47. The van der Waals surface area contributed by atoms with E-state index in [0.717, 1.165) is 43.3 Å². The van der Waals surface area contributed by atoms with Crippen LogP contribution in [0, 0.1) is 5.92 Å². The van der Waals surface area contributed by atoms with Gasteiger partial charge in [-0.15, -0.1) is 0 Å². The van der Waals surface area contributed by atoms with Crippen molar-refractivity contribution in [2.75, 3.05) is 37.6 Å². The second-order valence-electron chi connectivity index (χ2n) is 7.67. The minimum Gasteiger partial charge on any atom is -0.354 e. The van der Waals surface area contributed by atoms with Crippen molar-refractivity contribution < 1.29 is 4.52 Å². The van der Waals surface area contributed by atoms with E-state index < -0.39 is 0 Å². The Bertz CT molecular complexity index is 749. The summed E-state index contributed by atoms with van der Waals surface area (Å²) in [6, 6.07) is 4.03. The molecule has 0 amide bonds. The molecule has 1 aromatic carbocycles. The van der Waals surface area contributed by atoms with Crippen molar-refractivity contribution >= 4 is 40.0 Å². The van der Waals surface area contributed by atoms with Crippen molar-refractivity contribution in [2.45, 2.75) is 38.1 Å². The Labute approximate surface area is 164 Å². The lowest BCUT2D eigenvalue weighted by atomic mass is 9.84. The maximum Gasteiger partial charge on any atom is 0.180 e. The highest BCUT2D eigenvalue weighted by Crippen LogP contribution is 2.34. The Morgan fingerprint density at radius 2 is 1.73 bits per heavy atom. The first-order valence-electron chi connectivity index (χ1n) is 9.57. The van der Waals surface area contributed by atoms with Gasteiger partial charge in [0.15, 0.2) is 11.4 Å². The molecule has 1 saturated heterocycles. The molecule has 0 atom stereocenters. The normalized spacial score (nSPS) is 25.1. The van der Waals surface area contributed by atoms with Crippen LogP contribution in [0.4, 0.5) is 5.82 Å². The van der Waals surface area contributed by atoms with Gasteiger partial charge < -0.3 is 15.2 Å². The van der Waals surface area contributed by atoms with Gasteiger partial charge in [-0.2, -0.15) is 0 Å². The van der Waals surface area contributed by atoms with Gasteiger partial charge in [-0.25, -0.2) is 0 Å². The highest BCUT2D eigenvalue weighted by Gasteiger charge is 2.24. The van der Waals surface area contributed by atoms with E-state index >= 15 is 0 Å². The second-order valence-corrected chi connectivity index (χ2v) is 8.48. The number of nitrogens with two attached hydrogens (primary N) is 1. The minimum absolute atomic E-state index is 0.440. The van der Waals surface area contributed by atoms with Gasteiger partial charge in [-0.05, 0) is 50.6 Å². The molecule has 2 fully saturated rings. The van der Waals surface area contributed by atoms with Gasteiger partial charge >= 0.3 is 0 Å². The summed E-state index contributed by atoms with van der Waals surface area (Å²) < 4.78 is 5.44. The summed E-state index contributed by atoms with van der Waals surface area (Å²) in [6.45, 7) is 5.22. The SMILES string of the molecule is NC1CCC(CCN2CCN(c3noc4cc(Cl)c(Cl)cc34)CC2)CC1. The Balaban J connectivity index is 1.32. The molecule has 1 aliphatic carbocycles. The fourth-order valence-corrected chi connectivity index (χ4v) is 4.49. The molecule has 0 spiro atoms. The van der Waals surface area contributed by atoms with Gasteiger partial charge in [0.05, 0.1) is 15.4 Å². The average Bonchev–Trinajstić information content (AvgIpc) is 3.05. The smallest absolute Gasteiger partial charge is 0.180 e. The molecule has 0 unspecified atom stereocenters. The van der Waals surface area contributed by atoms with Crippen LogP contribution >= 0.6 is 23.2 Å². The number of hydrogen-bond donors (Lipinski definition) is 1. The highest BCUT2D eigenvalue weighted by atomic mass is 35.5. The van der Waals surface area contributed by atoms with Crippen LogP contribution in [0.2, 0.25) is 10.0 Å². The van der Waals surface area contributed by atoms with Crippen molar-refractivity contribution in [2.24, 2.45) is 11.7 Å². The van der Waals surface area contributed by atoms with Crippen molar-refractivity contribution in [1.82, 2.24) is 10.1 Å². The van der Waals surface area contributed by atoms with Crippen LogP contribution < -0.4 is 10.6 Å². The van der Waals surface area contributed by atoms with Gasteiger partial charge in [0.2, 0.25) is 0 Å². The monoisotopic (exact) mass is 396 g/mol. The molecule has 4 rings (SSSR count). The van der Waals surface area contributed by atoms with Gasteiger partial charge in [-0.1, -0.05) is 28.4 Å². The fraction of sp³-hybridized carbons (Fsp3) is 0.632. The molecule has 1 aromatic heterocycles. The molecule has 142 valence electrons. The van der Waals surface area contributed by atoms with Crippen molar-refractivity contribution in [1.29, 1.82) is 0 Å². The minimum atomic E-state index is 0.440. The number of aromatic nitrogens is 1. The molecule has 1 aliphatic heterocycles. The molecule has 0 radical (unpaired) electrons. The Kier molecular flexibility index (Phi) is 5.60. The van der Waals surface area contributed by atoms with E-state index in [1.54, 1.807) is 6.07 Å². The number of piperazine rings is 1. The Morgan fingerprint density at radius 3 is 2.46 bits per heavy atom. The first-order valence-corrected chi connectivity index (χ1v) is 10.3. The quantitative estimate of drug-likeness (QED) is 0.840. The summed E-state index contributed by atoms with van der Waals surface area (Å²) in [6.07, 6.45) is 6.30. The topological polar surface area (TPSA) is 58.5 Å². The van der Waals surface area contributed by atoms with E-state index in [1.807, 2.05) is 6.07 Å². The third-order valence-electron chi connectivity index (χ3n) is 5.91. The number of hydrogen-bond acceptors (Lipinski definition) is 5. The lowest BCUT2D eigenvalue weighted by molar-refractivity contribution is 0.216. The molecule has 26 heavy (non-hydrogen) atoms. The molecule has 2 heterocycles. The molecular weight excluding hydrogens is 371 g/mol. The van der Waals surface area contributed by atoms with E-state index in [2.05, 4.69) is 15.0 Å². The van der Waals surface area contributed by atoms with Crippen LogP contribution in [0.5, 0.6) is 0 Å². The van der Waals surface area contributed by atoms with Crippen LogP contribution in [-0.4, -0.2) is 48.8 Å². The lowest BCUT2D eigenvalue weighted by Gasteiger charge is -2.36. The predicted molar refractivity (Wildman–Crippen MR) is 107 cm³/mol. The molecule has 7 heteroatoms. The number of rotatable bonds is 4. The summed E-state index contributed by atoms with van der Waals surface area (Å²) in [7, 11) is 0. The molecule has 2 aliphatic rings. The first kappa shape index (κ1) is 18.4. The average molecular weight is 397 g/mol. The van der Waals surface area contributed by atoms with E-state index in [1.165, 1.54) is 38.6 Å². The molecule has 2 aromatic rings. The summed E-state index contributed by atoms with van der Waals surface area (Å²) >= 11 is 12.2. The molecular formula is C19H26Cl2N4O. The third kappa shape index (κ3) is 3.96. The maximum absolute atomic E-state index is 6.17. The number of fused-ring (bicyclic) bond motifs is 1. The Hall–Kier alpha value is -1.01. The zero-order chi connectivity index (χ0) is 18.1. The first-order chi connectivity index (χ1) is 12.6. The number of nitrogens with zero attached hydrogens (tertiary/aromatic N) is 3. The maximum atomic E-state index is 6.17. The van der Waals surface area contributed by atoms with Crippen LogP contribution in [0.3, 0.4) is 0 Å². The van der Waals surface area contributed by atoms with Gasteiger partial charge in [-0.3, -0.25) is 4.90 Å². The molecule has 2 N–H and O–H groups in total. The van der Waals surface area contributed by atoms with Crippen molar-refractivity contribution in [3.8, 4) is 0 Å². The largest absolute Gasteiger partial charge is 0.354 e. The summed E-state index contributed by atoms with van der Waals surface area (Å²) in [5.74, 6) is 1.73. The van der Waals surface area contributed by atoms with Crippen LogP contribution in [0.25, 0.3) is 11.0 Å². The van der Waals surface area contributed by atoms with Gasteiger partial charge in [0.1, 0.15) is 0 Å². The van der Waals surface area contributed by atoms with Gasteiger partial charge in [0, 0.05) is 38.3 Å². The van der Waals surface area contributed by atoms with Crippen LogP contribution in [0.1, 0.15) is 32.1 Å². The highest BCUT2D eigenvalue weighted by molar-refractivity contribution is 6.42. The third-order valence-corrected chi connectivity index (χ3v) is 6.63. The van der Waals surface area contributed by atoms with E-state index in [4.69, 9.17) is 33.5 Å². The summed E-state index contributed by atoms with van der Waals surface area (Å²) in [5, 5.41) is 6.22. The van der Waals surface area contributed by atoms with E-state index in [9.17, 15) is 0 Å². The van der Waals surface area contributed by atoms with Gasteiger partial charge in [0.25, 0.3) is 0 Å². The molecule has 0 bridgehead atoms. The van der Waals surface area contributed by atoms with E-state index in [-0.39, 0.29) is 0 Å². The van der Waals surface area contributed by atoms with Crippen LogP contribution in [-0.2, 0) is 0 Å². The molecule has 1 saturated carbocycles. The Morgan fingerprint density at radius 1 is 1.04 bits per heavy atom. The molecule has 5 nitrogen and oxygen atoms in total. The zero-order valence-corrected chi connectivity index (χ0v) is 16.5. The van der Waals surface area contributed by atoms with Crippen molar-refractivity contribution in [3.05, 3.63) is 22.2 Å². The standard InChI is InChI=1S/C19H26Cl2N4O/c20-16-11-15-18(12-17(16)21)26-23-19(15)25-9-7-24(8-10-25)6-5-13-1-3-14(22)4-2-13/h11-14H,1-10,22H2. The number of halogens is 2. The zero-order valence-electron chi connectivity index (χ0n) is 15.0. The predicted octanol–water partition coefficient (Wildman–Crippen LogP) is 4.16. The number of benzene rings is 1.